The van der Waals surface area contributed by atoms with Gasteiger partial charge in [-0.3, -0.25) is 4.21 Å². The lowest BCUT2D eigenvalue weighted by Gasteiger charge is -2.15. The Morgan fingerprint density at radius 1 is 1.36 bits per heavy atom. The molecule has 0 fully saturated rings. The molecule has 5 nitrogen and oxygen atoms in total. The second kappa shape index (κ2) is 8.02. The summed E-state index contributed by atoms with van der Waals surface area (Å²) in [5, 5.41) is 4.86. The zero-order valence-electron chi connectivity index (χ0n) is 12.1. The SMILES string of the molecule is Cc1ccc(NC(=O)NCC[S@](C)=O)c(OCC(F)(F)F)c1. The molecule has 2 N–H and O–H groups in total. The van der Waals surface area contributed by atoms with Crippen LogP contribution in [0, 0.1) is 6.92 Å². The Labute approximate surface area is 128 Å². The number of halogens is 3. The Kier molecular flexibility index (Phi) is 6.66. The maximum absolute atomic E-state index is 12.2. The number of ether oxygens (including phenoxy) is 1. The number of nitrogens with one attached hydrogen (secondary N) is 2. The van der Waals surface area contributed by atoms with Crippen molar-refractivity contribution in [3.8, 4) is 5.75 Å². The summed E-state index contributed by atoms with van der Waals surface area (Å²) >= 11 is 0. The van der Waals surface area contributed by atoms with Crippen LogP contribution in [0.2, 0.25) is 0 Å². The van der Waals surface area contributed by atoms with Gasteiger partial charge in [0.1, 0.15) is 5.75 Å². The standard InChI is InChI=1S/C13H17F3N2O3S/c1-9-3-4-10(11(7-9)21-8-13(14,15)16)18-12(19)17-5-6-22(2)20/h3-4,7H,5-6,8H2,1-2H3,(H2,17,18,19)/t22-/m0/s1. The average molecular weight is 338 g/mol. The Morgan fingerprint density at radius 2 is 2.05 bits per heavy atom. The van der Waals surface area contributed by atoms with Crippen molar-refractivity contribution < 1.29 is 26.9 Å². The third kappa shape index (κ3) is 7.30. The van der Waals surface area contributed by atoms with Crippen LogP contribution >= 0.6 is 0 Å². The summed E-state index contributed by atoms with van der Waals surface area (Å²) < 4.78 is 52.3. The molecule has 22 heavy (non-hydrogen) atoms. The molecule has 1 aromatic carbocycles. The number of hydrogen-bond acceptors (Lipinski definition) is 3. The zero-order chi connectivity index (χ0) is 16.8. The minimum absolute atomic E-state index is 0.0634. The van der Waals surface area contributed by atoms with E-state index < -0.39 is 29.6 Å². The van der Waals surface area contributed by atoms with E-state index in [1.165, 1.54) is 18.4 Å². The Hall–Kier alpha value is -1.77. The third-order valence-corrected chi connectivity index (χ3v) is 3.23. The minimum Gasteiger partial charge on any atom is -0.482 e. The minimum atomic E-state index is -4.46. The van der Waals surface area contributed by atoms with Gasteiger partial charge < -0.3 is 15.4 Å². The molecule has 0 saturated heterocycles. The molecule has 0 aromatic heterocycles. The molecule has 0 radical (unpaired) electrons. The van der Waals surface area contributed by atoms with Gasteiger partial charge >= 0.3 is 12.2 Å². The van der Waals surface area contributed by atoms with Gasteiger partial charge in [-0.15, -0.1) is 0 Å². The second-order valence-electron chi connectivity index (χ2n) is 4.56. The molecule has 0 heterocycles. The summed E-state index contributed by atoms with van der Waals surface area (Å²) in [5.74, 6) is 0.227. The van der Waals surface area contributed by atoms with Gasteiger partial charge in [0.25, 0.3) is 0 Å². The largest absolute Gasteiger partial charge is 0.482 e. The number of rotatable bonds is 6. The van der Waals surface area contributed by atoms with E-state index in [1.54, 1.807) is 13.0 Å². The number of carbonyl (C=O) groups excluding carboxylic acids is 1. The highest BCUT2D eigenvalue weighted by Crippen LogP contribution is 2.27. The molecular formula is C13H17F3N2O3S. The van der Waals surface area contributed by atoms with Crippen molar-refractivity contribution in [2.45, 2.75) is 13.1 Å². The fourth-order valence-corrected chi connectivity index (χ4v) is 1.88. The summed E-state index contributed by atoms with van der Waals surface area (Å²) in [5.41, 5.74) is 0.828. The van der Waals surface area contributed by atoms with Crippen LogP contribution in [0.25, 0.3) is 0 Å². The van der Waals surface area contributed by atoms with Crippen LogP contribution in [-0.2, 0) is 10.8 Å². The van der Waals surface area contributed by atoms with Crippen molar-refractivity contribution in [2.24, 2.45) is 0 Å². The van der Waals surface area contributed by atoms with Gasteiger partial charge in [-0.2, -0.15) is 13.2 Å². The molecule has 1 aromatic rings. The van der Waals surface area contributed by atoms with Gasteiger partial charge in [0.05, 0.1) is 5.69 Å². The van der Waals surface area contributed by atoms with E-state index in [9.17, 15) is 22.2 Å². The van der Waals surface area contributed by atoms with Gasteiger partial charge in [-0.1, -0.05) is 6.07 Å². The Bertz CT molecular complexity index is 550. The van der Waals surface area contributed by atoms with Gasteiger partial charge in [0.2, 0.25) is 0 Å². The smallest absolute Gasteiger partial charge is 0.422 e. The molecule has 2 amide bonds. The number of anilines is 1. The lowest BCUT2D eigenvalue weighted by Crippen LogP contribution is -2.32. The number of amides is 2. The maximum atomic E-state index is 12.2. The number of hydrogen-bond donors (Lipinski definition) is 2. The fourth-order valence-electron chi connectivity index (χ4n) is 1.49. The molecule has 0 spiro atoms. The van der Waals surface area contributed by atoms with Crippen molar-refractivity contribution in [1.82, 2.24) is 5.32 Å². The maximum Gasteiger partial charge on any atom is 0.422 e. The van der Waals surface area contributed by atoms with Gasteiger partial charge in [0.15, 0.2) is 6.61 Å². The van der Waals surface area contributed by atoms with Crippen LogP contribution in [-0.4, -0.2) is 41.6 Å². The predicted octanol–water partition coefficient (Wildman–Crippen LogP) is 2.44. The molecule has 1 rings (SSSR count). The topological polar surface area (TPSA) is 67.4 Å². The summed E-state index contributed by atoms with van der Waals surface area (Å²) in [6, 6.07) is 3.89. The van der Waals surface area contributed by atoms with Crippen LogP contribution in [0.1, 0.15) is 5.56 Å². The quantitative estimate of drug-likeness (QED) is 0.837. The zero-order valence-corrected chi connectivity index (χ0v) is 12.9. The van der Waals surface area contributed by atoms with Crippen molar-refractivity contribution in [3.05, 3.63) is 23.8 Å². The molecule has 9 heteroatoms. The van der Waals surface area contributed by atoms with Crippen molar-refractivity contribution in [2.75, 3.05) is 30.5 Å². The molecule has 0 aliphatic heterocycles. The van der Waals surface area contributed by atoms with Gasteiger partial charge in [-0.25, -0.2) is 4.79 Å². The number of carbonyl (C=O) groups is 1. The van der Waals surface area contributed by atoms with Crippen LogP contribution in [0.5, 0.6) is 5.75 Å². The molecule has 124 valence electrons. The first kappa shape index (κ1) is 18.3. The Balaban J connectivity index is 2.68. The molecule has 1 atom stereocenters. The van der Waals surface area contributed by atoms with E-state index >= 15 is 0 Å². The van der Waals surface area contributed by atoms with Crippen molar-refractivity contribution >= 4 is 22.5 Å². The Morgan fingerprint density at radius 3 is 2.64 bits per heavy atom. The summed E-state index contributed by atoms with van der Waals surface area (Å²) in [4.78, 5) is 11.6. The van der Waals surface area contributed by atoms with E-state index in [0.29, 0.717) is 11.3 Å². The fraction of sp³-hybridized carbons (Fsp3) is 0.462. The van der Waals surface area contributed by atoms with E-state index in [4.69, 9.17) is 4.74 Å². The second-order valence-corrected chi connectivity index (χ2v) is 6.12. The van der Waals surface area contributed by atoms with Crippen LogP contribution < -0.4 is 15.4 Å². The van der Waals surface area contributed by atoms with E-state index in [0.717, 1.165) is 0 Å². The molecule has 0 aliphatic rings. The molecule has 0 unspecified atom stereocenters. The van der Waals surface area contributed by atoms with Gasteiger partial charge in [-0.05, 0) is 24.6 Å². The molecular weight excluding hydrogens is 321 g/mol. The van der Waals surface area contributed by atoms with Gasteiger partial charge in [0, 0.05) is 29.4 Å². The average Bonchev–Trinajstić information content (AvgIpc) is 2.37. The lowest BCUT2D eigenvalue weighted by atomic mass is 10.2. The first-order chi connectivity index (χ1) is 10.2. The normalized spacial score (nSPS) is 12.6. The number of benzene rings is 1. The first-order valence-electron chi connectivity index (χ1n) is 6.32. The molecule has 0 bridgehead atoms. The number of aryl methyl sites for hydroxylation is 1. The van der Waals surface area contributed by atoms with E-state index in [-0.39, 0.29) is 18.0 Å². The summed E-state index contributed by atoms with van der Waals surface area (Å²) in [7, 11) is -1.04. The van der Waals surface area contributed by atoms with E-state index in [1.807, 2.05) is 0 Å². The summed E-state index contributed by atoms with van der Waals surface area (Å²) in [6.07, 6.45) is -2.96. The highest BCUT2D eigenvalue weighted by Gasteiger charge is 2.29. The summed E-state index contributed by atoms with van der Waals surface area (Å²) in [6.45, 7) is 0.446. The number of urea groups is 1. The van der Waals surface area contributed by atoms with Crippen molar-refractivity contribution in [3.63, 3.8) is 0 Å². The highest BCUT2D eigenvalue weighted by molar-refractivity contribution is 7.84. The first-order valence-corrected chi connectivity index (χ1v) is 8.05. The number of alkyl halides is 3. The monoisotopic (exact) mass is 338 g/mol. The molecule has 0 saturated carbocycles. The van der Waals surface area contributed by atoms with Crippen molar-refractivity contribution in [1.29, 1.82) is 0 Å². The van der Waals surface area contributed by atoms with Crippen LogP contribution in [0.4, 0.5) is 23.7 Å². The molecule has 0 aliphatic carbocycles. The predicted molar refractivity (Wildman–Crippen MR) is 78.7 cm³/mol. The highest BCUT2D eigenvalue weighted by atomic mass is 32.2. The van der Waals surface area contributed by atoms with E-state index in [2.05, 4.69) is 10.6 Å². The van der Waals surface area contributed by atoms with Crippen LogP contribution in [0.3, 0.4) is 0 Å². The third-order valence-electron chi connectivity index (χ3n) is 2.45. The van der Waals surface area contributed by atoms with Crippen LogP contribution in [0.15, 0.2) is 18.2 Å². The lowest BCUT2D eigenvalue weighted by molar-refractivity contribution is -0.153.